The van der Waals surface area contributed by atoms with Crippen LogP contribution < -0.4 is 4.72 Å². The molecule has 1 heterocycles. The third kappa shape index (κ3) is 3.16. The van der Waals surface area contributed by atoms with Crippen molar-refractivity contribution in [3.8, 4) is 0 Å². The van der Waals surface area contributed by atoms with Gasteiger partial charge < -0.3 is 9.64 Å². The van der Waals surface area contributed by atoms with Crippen molar-refractivity contribution in [2.24, 2.45) is 0 Å². The molecule has 0 aliphatic carbocycles. The number of carbonyl (C=O) groups is 1. The van der Waals surface area contributed by atoms with Crippen LogP contribution in [-0.2, 0) is 14.8 Å². The maximum absolute atomic E-state index is 12.7. The number of nitrogens with one attached hydrogen (secondary N) is 1. The van der Waals surface area contributed by atoms with Crippen molar-refractivity contribution in [3.05, 3.63) is 28.8 Å². The number of hydrogen-bond acceptors (Lipinski definition) is 4. The molecule has 1 aliphatic rings. The molecule has 1 fully saturated rings. The first-order valence-electron chi connectivity index (χ1n) is 7.21. The van der Waals surface area contributed by atoms with Gasteiger partial charge >= 0.3 is 0 Å². The molecule has 0 radical (unpaired) electrons. The van der Waals surface area contributed by atoms with Crippen LogP contribution in [0.25, 0.3) is 0 Å². The second-order valence-electron chi connectivity index (χ2n) is 5.55. The van der Waals surface area contributed by atoms with E-state index in [2.05, 4.69) is 4.72 Å². The summed E-state index contributed by atoms with van der Waals surface area (Å²) in [5.74, 6) is -0.161. The molecule has 0 unspecified atom stereocenters. The monoisotopic (exact) mass is 326 g/mol. The lowest BCUT2D eigenvalue weighted by molar-refractivity contribution is 0.00357. The summed E-state index contributed by atoms with van der Waals surface area (Å²) >= 11 is 0. The van der Waals surface area contributed by atoms with Crippen LogP contribution in [0.3, 0.4) is 0 Å². The fourth-order valence-corrected chi connectivity index (χ4v) is 3.60. The first kappa shape index (κ1) is 16.9. The number of hydrogen-bond donors (Lipinski definition) is 1. The molecule has 7 heteroatoms. The standard InChI is InChI=1S/C15H22N2O4S/c1-10-7-13(8-14(12(10)3)22(19,20)16-4)15(18)17-5-6-21-9-11(17)2/h7-8,11,16H,5-6,9H2,1-4H3/t11-/m1/s1. The third-order valence-corrected chi connectivity index (χ3v) is 5.59. The zero-order chi connectivity index (χ0) is 16.5. The van der Waals surface area contributed by atoms with Crippen LogP contribution in [0, 0.1) is 13.8 Å². The summed E-state index contributed by atoms with van der Waals surface area (Å²) in [6.07, 6.45) is 0. The molecule has 0 aromatic heterocycles. The van der Waals surface area contributed by atoms with Gasteiger partial charge in [-0.1, -0.05) is 0 Å². The van der Waals surface area contributed by atoms with E-state index in [9.17, 15) is 13.2 Å². The van der Waals surface area contributed by atoms with Crippen LogP contribution in [0.15, 0.2) is 17.0 Å². The molecule has 1 amide bonds. The molecule has 1 N–H and O–H groups in total. The van der Waals surface area contributed by atoms with Gasteiger partial charge in [0.05, 0.1) is 24.2 Å². The second kappa shape index (κ2) is 6.36. The summed E-state index contributed by atoms with van der Waals surface area (Å²) in [4.78, 5) is 14.6. The molecule has 122 valence electrons. The van der Waals surface area contributed by atoms with E-state index < -0.39 is 10.0 Å². The number of amides is 1. The van der Waals surface area contributed by atoms with Crippen LogP contribution in [0.5, 0.6) is 0 Å². The number of carbonyl (C=O) groups excluding carboxylic acids is 1. The van der Waals surface area contributed by atoms with E-state index in [-0.39, 0.29) is 16.8 Å². The molecule has 1 atom stereocenters. The Morgan fingerprint density at radius 2 is 2.05 bits per heavy atom. The third-order valence-electron chi connectivity index (χ3n) is 4.05. The van der Waals surface area contributed by atoms with Gasteiger partial charge in [-0.15, -0.1) is 0 Å². The maximum atomic E-state index is 12.7. The smallest absolute Gasteiger partial charge is 0.254 e. The predicted octanol–water partition coefficient (Wildman–Crippen LogP) is 1.07. The number of ether oxygens (including phenoxy) is 1. The van der Waals surface area contributed by atoms with Gasteiger partial charge in [0.25, 0.3) is 5.91 Å². The Balaban J connectivity index is 2.46. The highest BCUT2D eigenvalue weighted by atomic mass is 32.2. The maximum Gasteiger partial charge on any atom is 0.254 e. The van der Waals surface area contributed by atoms with E-state index in [1.807, 2.05) is 13.8 Å². The average molecular weight is 326 g/mol. The van der Waals surface area contributed by atoms with Crippen molar-refractivity contribution >= 4 is 15.9 Å². The van der Waals surface area contributed by atoms with E-state index >= 15 is 0 Å². The molecule has 0 spiro atoms. The molecular formula is C15H22N2O4S. The highest BCUT2D eigenvalue weighted by Gasteiger charge is 2.27. The van der Waals surface area contributed by atoms with Gasteiger partial charge in [-0.2, -0.15) is 0 Å². The van der Waals surface area contributed by atoms with Gasteiger partial charge in [-0.25, -0.2) is 13.1 Å². The lowest BCUT2D eigenvalue weighted by Gasteiger charge is -2.33. The van der Waals surface area contributed by atoms with E-state index in [0.717, 1.165) is 5.56 Å². The van der Waals surface area contributed by atoms with Crippen LogP contribution >= 0.6 is 0 Å². The number of nitrogens with zero attached hydrogens (tertiary/aromatic N) is 1. The number of benzene rings is 1. The zero-order valence-electron chi connectivity index (χ0n) is 13.3. The Kier molecular flexibility index (Phi) is 4.89. The second-order valence-corrected chi connectivity index (χ2v) is 7.40. The molecule has 1 aromatic rings. The summed E-state index contributed by atoms with van der Waals surface area (Å²) in [5.41, 5.74) is 1.83. The van der Waals surface area contributed by atoms with E-state index in [4.69, 9.17) is 4.74 Å². The van der Waals surface area contributed by atoms with Gasteiger partial charge in [0.1, 0.15) is 0 Å². The largest absolute Gasteiger partial charge is 0.377 e. The fraction of sp³-hybridized carbons (Fsp3) is 0.533. The average Bonchev–Trinajstić information content (AvgIpc) is 2.49. The van der Waals surface area contributed by atoms with Crippen LogP contribution in [0.1, 0.15) is 28.4 Å². The normalized spacial score (nSPS) is 19.3. The minimum atomic E-state index is -3.60. The van der Waals surface area contributed by atoms with Crippen molar-refractivity contribution in [1.82, 2.24) is 9.62 Å². The Morgan fingerprint density at radius 1 is 1.36 bits per heavy atom. The highest BCUT2D eigenvalue weighted by molar-refractivity contribution is 7.89. The van der Waals surface area contributed by atoms with Gasteiger partial charge in [0, 0.05) is 12.1 Å². The quantitative estimate of drug-likeness (QED) is 0.901. The summed E-state index contributed by atoms with van der Waals surface area (Å²) in [5, 5.41) is 0. The molecule has 2 rings (SSSR count). The van der Waals surface area contributed by atoms with Crippen LogP contribution in [0.4, 0.5) is 0 Å². The molecule has 1 aromatic carbocycles. The summed E-state index contributed by atoms with van der Waals surface area (Å²) in [6, 6.07) is 3.18. The molecule has 0 bridgehead atoms. The Bertz CT molecular complexity index is 685. The summed E-state index contributed by atoms with van der Waals surface area (Å²) < 4.78 is 31.9. The van der Waals surface area contributed by atoms with Gasteiger partial charge in [0.15, 0.2) is 0 Å². The molecule has 1 aliphatic heterocycles. The Hall–Kier alpha value is -1.44. The zero-order valence-corrected chi connectivity index (χ0v) is 14.2. The lowest BCUT2D eigenvalue weighted by Crippen LogP contribution is -2.47. The number of morpholine rings is 1. The number of rotatable bonds is 3. The SMILES string of the molecule is CNS(=O)(=O)c1cc(C(=O)N2CCOC[C@H]2C)cc(C)c1C. The fourth-order valence-electron chi connectivity index (χ4n) is 2.53. The van der Waals surface area contributed by atoms with E-state index in [0.29, 0.717) is 30.9 Å². The minimum absolute atomic E-state index is 0.0211. The van der Waals surface area contributed by atoms with Crippen molar-refractivity contribution in [1.29, 1.82) is 0 Å². The lowest BCUT2D eigenvalue weighted by atomic mass is 10.0. The number of sulfonamides is 1. The highest BCUT2D eigenvalue weighted by Crippen LogP contribution is 2.23. The molecule has 0 saturated carbocycles. The van der Waals surface area contributed by atoms with Gasteiger partial charge in [-0.3, -0.25) is 4.79 Å². The predicted molar refractivity (Wildman–Crippen MR) is 83.5 cm³/mol. The van der Waals surface area contributed by atoms with Crippen LogP contribution in [0.2, 0.25) is 0 Å². The van der Waals surface area contributed by atoms with Crippen LogP contribution in [-0.4, -0.2) is 52.1 Å². The number of aryl methyl sites for hydroxylation is 1. The van der Waals surface area contributed by atoms with Crippen molar-refractivity contribution < 1.29 is 17.9 Å². The molecule has 6 nitrogen and oxygen atoms in total. The Morgan fingerprint density at radius 3 is 2.64 bits per heavy atom. The van der Waals surface area contributed by atoms with E-state index in [1.165, 1.54) is 13.1 Å². The molecule has 1 saturated heterocycles. The van der Waals surface area contributed by atoms with Gasteiger partial charge in [-0.05, 0) is 51.1 Å². The summed E-state index contributed by atoms with van der Waals surface area (Å²) in [6.45, 7) is 6.99. The van der Waals surface area contributed by atoms with Crippen molar-refractivity contribution in [2.75, 3.05) is 26.8 Å². The van der Waals surface area contributed by atoms with Crippen molar-refractivity contribution in [2.45, 2.75) is 31.7 Å². The van der Waals surface area contributed by atoms with E-state index in [1.54, 1.807) is 17.9 Å². The molecular weight excluding hydrogens is 304 g/mol. The first-order valence-corrected chi connectivity index (χ1v) is 8.69. The molecule has 22 heavy (non-hydrogen) atoms. The minimum Gasteiger partial charge on any atom is -0.377 e. The topological polar surface area (TPSA) is 75.7 Å². The Labute approximate surface area is 131 Å². The summed E-state index contributed by atoms with van der Waals surface area (Å²) in [7, 11) is -2.23. The first-order chi connectivity index (χ1) is 10.3. The van der Waals surface area contributed by atoms with Gasteiger partial charge in [0.2, 0.25) is 10.0 Å². The van der Waals surface area contributed by atoms with Crippen molar-refractivity contribution in [3.63, 3.8) is 0 Å².